The van der Waals surface area contributed by atoms with E-state index in [1.165, 1.54) is 0 Å². The van der Waals surface area contributed by atoms with Crippen LogP contribution in [0.3, 0.4) is 0 Å². The van der Waals surface area contributed by atoms with Gasteiger partial charge in [-0.15, -0.1) is 0 Å². The van der Waals surface area contributed by atoms with Crippen LogP contribution < -0.4 is 4.57 Å². The molecule has 0 aliphatic rings. The molecule has 23 heavy (non-hydrogen) atoms. The lowest BCUT2D eigenvalue weighted by molar-refractivity contribution is -0.671. The van der Waals surface area contributed by atoms with Gasteiger partial charge in [-0.25, -0.2) is 17.6 Å². The molecule has 0 aliphatic heterocycles. The van der Waals surface area contributed by atoms with E-state index in [-0.39, 0.29) is 0 Å². The number of aromatic nitrogens is 2. The lowest BCUT2D eigenvalue weighted by atomic mass is 10.3. The lowest BCUT2D eigenvalue weighted by Gasteiger charge is -2.29. The van der Waals surface area contributed by atoms with Crippen LogP contribution >= 0.6 is 0 Å². The van der Waals surface area contributed by atoms with Crippen molar-refractivity contribution in [2.45, 2.75) is 23.9 Å². The number of rotatable bonds is 4. The third-order valence-corrected chi connectivity index (χ3v) is 3.08. The van der Waals surface area contributed by atoms with Crippen molar-refractivity contribution in [3.8, 4) is 0 Å². The highest BCUT2D eigenvalue weighted by Gasteiger charge is 2.76. The molecule has 0 atom stereocenters. The van der Waals surface area contributed by atoms with E-state index >= 15 is 0 Å². The highest BCUT2D eigenvalue weighted by Crippen LogP contribution is 2.48. The van der Waals surface area contributed by atoms with Crippen molar-refractivity contribution in [3.63, 3.8) is 0 Å². The largest absolute Gasteiger partial charge is 0.743 e. The molecule has 5 nitrogen and oxygen atoms in total. The minimum atomic E-state index is -7.10. The summed E-state index contributed by atoms with van der Waals surface area (Å²) in [6.45, 7) is 4.52. The van der Waals surface area contributed by atoms with Gasteiger partial charge in [0, 0.05) is 0 Å². The second-order valence-corrected chi connectivity index (χ2v) is 5.53. The van der Waals surface area contributed by atoms with E-state index in [2.05, 4.69) is 11.1 Å². The molecule has 0 saturated heterocycles. The monoisotopic (exact) mass is 372 g/mol. The number of nitrogens with zero attached hydrogens (tertiary/aromatic N) is 2. The molecular weight excluding hydrogens is 361 g/mol. The van der Waals surface area contributed by atoms with E-state index in [1.807, 2.05) is 36.4 Å². The zero-order chi connectivity index (χ0) is 18.7. The fraction of sp³-hybridized carbons (Fsp3) is 0.500. The van der Waals surface area contributed by atoms with E-state index in [0.717, 1.165) is 6.54 Å². The molecule has 1 rings (SSSR count). The van der Waals surface area contributed by atoms with E-state index in [1.54, 1.807) is 0 Å². The van der Waals surface area contributed by atoms with Crippen LogP contribution in [-0.4, -0.2) is 34.9 Å². The zero-order valence-electron chi connectivity index (χ0n) is 11.4. The van der Waals surface area contributed by atoms with Crippen molar-refractivity contribution in [1.82, 2.24) is 4.57 Å². The molecule has 1 aromatic heterocycles. The summed E-state index contributed by atoms with van der Waals surface area (Å²) in [6, 6.07) is 0. The molecule has 0 N–H and O–H groups in total. The zero-order valence-corrected chi connectivity index (χ0v) is 12.2. The maximum atomic E-state index is 11.8. The van der Waals surface area contributed by atoms with Crippen molar-refractivity contribution >= 4 is 10.1 Å². The Kier molecular flexibility index (Phi) is 6.38. The highest BCUT2D eigenvalue weighted by molar-refractivity contribution is 7.86. The van der Waals surface area contributed by atoms with Gasteiger partial charge in [0.1, 0.15) is 18.9 Å². The van der Waals surface area contributed by atoms with Gasteiger partial charge in [0.05, 0.1) is 7.05 Å². The van der Waals surface area contributed by atoms with Crippen LogP contribution in [-0.2, 0) is 23.7 Å². The first-order valence-corrected chi connectivity index (χ1v) is 6.88. The molecule has 1 heterocycles. The number of hydrogen-bond acceptors (Lipinski definition) is 3. The third-order valence-electron chi connectivity index (χ3n) is 2.20. The van der Waals surface area contributed by atoms with Crippen molar-refractivity contribution in [3.05, 3.63) is 31.4 Å². The second-order valence-electron chi connectivity index (χ2n) is 4.11. The smallest absolute Gasteiger partial charge is 0.461 e. The van der Waals surface area contributed by atoms with Gasteiger partial charge < -0.3 is 4.55 Å². The van der Waals surface area contributed by atoms with Crippen molar-refractivity contribution < 1.29 is 48.3 Å². The summed E-state index contributed by atoms with van der Waals surface area (Å²) in [7, 11) is -5.10. The fourth-order valence-electron chi connectivity index (χ4n) is 1.08. The average molecular weight is 372 g/mol. The Morgan fingerprint density at radius 1 is 1.22 bits per heavy atom. The van der Waals surface area contributed by atoms with Gasteiger partial charge in [0.2, 0.25) is 6.33 Å². The summed E-state index contributed by atoms with van der Waals surface area (Å²) in [5, 5.41) is -6.72. The molecule has 0 aliphatic carbocycles. The van der Waals surface area contributed by atoms with Gasteiger partial charge in [0.25, 0.3) is 0 Å². The number of hydrogen-bond donors (Lipinski definition) is 0. The lowest BCUT2D eigenvalue weighted by Crippen LogP contribution is -2.55. The van der Waals surface area contributed by atoms with Gasteiger partial charge in [-0.1, -0.05) is 12.7 Å². The highest BCUT2D eigenvalue weighted by atomic mass is 32.2. The van der Waals surface area contributed by atoms with Crippen LogP contribution in [0.2, 0.25) is 0 Å². The van der Waals surface area contributed by atoms with Gasteiger partial charge in [-0.3, -0.25) is 0 Å². The van der Waals surface area contributed by atoms with Gasteiger partial charge >= 0.3 is 17.4 Å². The SMILES string of the molecule is C=CCn1cc[n+](C)c1.O=S(=O)([O-])C(F)(F)C(F)(F)C(F)(F)F. The van der Waals surface area contributed by atoms with Crippen molar-refractivity contribution in [2.24, 2.45) is 7.05 Å². The topological polar surface area (TPSA) is 66.0 Å². The molecule has 13 heteroatoms. The number of halogens is 7. The molecule has 0 unspecified atom stereocenters. The Morgan fingerprint density at radius 2 is 1.70 bits per heavy atom. The number of allylic oxidation sites excluding steroid dienone is 1. The maximum absolute atomic E-state index is 11.8. The molecule has 0 radical (unpaired) electrons. The number of imidazole rings is 1. The first-order chi connectivity index (χ1) is 10.1. The van der Waals surface area contributed by atoms with Crippen molar-refractivity contribution in [1.29, 1.82) is 0 Å². The van der Waals surface area contributed by atoms with Gasteiger partial charge in [-0.05, 0) is 0 Å². The van der Waals surface area contributed by atoms with Gasteiger partial charge in [-0.2, -0.15) is 30.7 Å². The summed E-state index contributed by atoms with van der Waals surface area (Å²) < 4.78 is 113. The van der Waals surface area contributed by atoms with Crippen LogP contribution in [0, 0.1) is 0 Å². The van der Waals surface area contributed by atoms with Crippen LogP contribution in [0.4, 0.5) is 30.7 Å². The number of alkyl halides is 7. The van der Waals surface area contributed by atoms with E-state index < -0.39 is 27.5 Å². The first-order valence-electron chi connectivity index (χ1n) is 5.47. The summed E-state index contributed by atoms with van der Waals surface area (Å²) in [5.74, 6) is -6.92. The molecule has 0 aromatic carbocycles. The normalized spacial score (nSPS) is 13.3. The minimum absolute atomic E-state index is 0.890. The summed E-state index contributed by atoms with van der Waals surface area (Å²) in [4.78, 5) is 0. The van der Waals surface area contributed by atoms with Gasteiger partial charge in [0.15, 0.2) is 10.1 Å². The molecular formula is C10H11F7N2O3S. The van der Waals surface area contributed by atoms with Crippen molar-refractivity contribution in [2.75, 3.05) is 0 Å². The summed E-state index contributed by atoms with van der Waals surface area (Å²) in [6.07, 6.45) is 1.08. The van der Waals surface area contributed by atoms with Crippen LogP contribution in [0.1, 0.15) is 0 Å². The molecule has 0 saturated carbocycles. The predicted molar refractivity (Wildman–Crippen MR) is 61.5 cm³/mol. The summed E-state index contributed by atoms with van der Waals surface area (Å²) >= 11 is 0. The minimum Gasteiger partial charge on any atom is -0.743 e. The molecule has 0 bridgehead atoms. The average Bonchev–Trinajstić information content (AvgIpc) is 2.73. The Labute approximate surface area is 126 Å². The van der Waals surface area contributed by atoms with E-state index in [0.29, 0.717) is 0 Å². The molecule has 134 valence electrons. The molecule has 1 aromatic rings. The first kappa shape index (κ1) is 21.4. The third kappa shape index (κ3) is 4.92. The maximum Gasteiger partial charge on any atom is 0.461 e. The number of aryl methyl sites for hydroxylation is 1. The van der Waals surface area contributed by atoms with Crippen LogP contribution in [0.25, 0.3) is 0 Å². The molecule has 0 fully saturated rings. The second kappa shape index (κ2) is 6.86. The Hall–Kier alpha value is -1.63. The molecule has 0 spiro atoms. The fourth-order valence-corrected chi connectivity index (χ4v) is 1.51. The predicted octanol–water partition coefficient (Wildman–Crippen LogP) is 1.82. The Balaban J connectivity index is 0.000000459. The van der Waals surface area contributed by atoms with E-state index in [4.69, 9.17) is 0 Å². The van der Waals surface area contributed by atoms with Crippen LogP contribution in [0.15, 0.2) is 31.4 Å². The van der Waals surface area contributed by atoms with Crippen LogP contribution in [0.5, 0.6) is 0 Å². The Bertz CT molecular complexity index is 637. The summed E-state index contributed by atoms with van der Waals surface area (Å²) in [5.41, 5.74) is 0. The standard InChI is InChI=1S/C7H11N2.C3HF7O3S/c1-3-4-9-6-5-8(2)7-9;4-1(5,2(6,7)8)3(9,10)14(11,12)13/h3,5-7H,1,4H2,2H3;(H,11,12,13)/q+1;/p-1. The Morgan fingerprint density at radius 3 is 1.91 bits per heavy atom. The molecule has 0 amide bonds. The van der Waals surface area contributed by atoms with E-state index in [9.17, 15) is 43.7 Å². The quantitative estimate of drug-likeness (QED) is 0.351.